The molecule has 1 fully saturated rings. The summed E-state index contributed by atoms with van der Waals surface area (Å²) in [5.41, 5.74) is -0.380. The van der Waals surface area contributed by atoms with E-state index < -0.39 is 17.4 Å². The highest BCUT2D eigenvalue weighted by atomic mass is 16.6. The van der Waals surface area contributed by atoms with Crippen molar-refractivity contribution in [3.8, 4) is 0 Å². The van der Waals surface area contributed by atoms with Gasteiger partial charge in [-0.2, -0.15) is 0 Å². The summed E-state index contributed by atoms with van der Waals surface area (Å²) in [6.07, 6.45) is -0.821. The first kappa shape index (κ1) is 21.7. The van der Waals surface area contributed by atoms with Gasteiger partial charge in [0.1, 0.15) is 11.3 Å². The molecule has 0 bridgehead atoms. The number of carbonyl (C=O) groups is 1. The van der Waals surface area contributed by atoms with E-state index in [2.05, 4.69) is 0 Å². The Balaban J connectivity index is 2.22. The number of hydrogen-bond donors (Lipinski definition) is 1. The van der Waals surface area contributed by atoms with Gasteiger partial charge in [0.05, 0.1) is 25.4 Å². The van der Waals surface area contributed by atoms with E-state index >= 15 is 0 Å². The molecule has 0 aromatic heterocycles. The predicted molar refractivity (Wildman–Crippen MR) is 103 cm³/mol. The fraction of sp³-hybridized carbons (Fsp3) is 0.667. The standard InChI is InChI=1S/C21H33NO5/c1-15(12-23)18(25-13-16-10-8-7-9-11-16)17-14-26-21(5,6)22(17)19(24)27-20(2,3)4/h7-11,15,17-18,23H,12-14H2,1-6H3/t15-,17+,18-/m1/s1. The normalized spacial score (nSPS) is 21.7. The molecule has 0 radical (unpaired) electrons. The summed E-state index contributed by atoms with van der Waals surface area (Å²) in [6.45, 7) is 11.8. The van der Waals surface area contributed by atoms with Crippen LogP contribution in [0.2, 0.25) is 0 Å². The van der Waals surface area contributed by atoms with Gasteiger partial charge >= 0.3 is 6.09 Å². The first-order valence-corrected chi connectivity index (χ1v) is 9.48. The second kappa shape index (κ2) is 8.59. The molecular weight excluding hydrogens is 346 g/mol. The molecule has 0 saturated carbocycles. The van der Waals surface area contributed by atoms with Crippen molar-refractivity contribution in [2.75, 3.05) is 13.2 Å². The number of rotatable bonds is 6. The zero-order valence-electron chi connectivity index (χ0n) is 17.3. The molecule has 3 atom stereocenters. The molecule has 1 saturated heterocycles. The van der Waals surface area contributed by atoms with E-state index in [0.717, 1.165) is 5.56 Å². The highest BCUT2D eigenvalue weighted by Gasteiger charge is 2.50. The number of hydrogen-bond acceptors (Lipinski definition) is 5. The molecule has 1 aromatic rings. The summed E-state index contributed by atoms with van der Waals surface area (Å²) in [7, 11) is 0. The number of nitrogens with zero attached hydrogens (tertiary/aromatic N) is 1. The minimum Gasteiger partial charge on any atom is -0.444 e. The summed E-state index contributed by atoms with van der Waals surface area (Å²) in [5, 5.41) is 9.75. The molecule has 1 aromatic carbocycles. The maximum atomic E-state index is 12.9. The fourth-order valence-electron chi connectivity index (χ4n) is 3.27. The van der Waals surface area contributed by atoms with Crippen LogP contribution in [0.15, 0.2) is 30.3 Å². The van der Waals surface area contributed by atoms with Crippen molar-refractivity contribution in [3.05, 3.63) is 35.9 Å². The highest BCUT2D eigenvalue weighted by molar-refractivity contribution is 5.70. The van der Waals surface area contributed by atoms with E-state index in [1.54, 1.807) is 4.90 Å². The van der Waals surface area contributed by atoms with Crippen LogP contribution in [-0.4, -0.2) is 52.8 Å². The lowest BCUT2D eigenvalue weighted by molar-refractivity contribution is -0.0844. The Kier molecular flexibility index (Phi) is 6.89. The minimum absolute atomic E-state index is 0.0431. The minimum atomic E-state index is -0.809. The lowest BCUT2D eigenvalue weighted by Gasteiger charge is -2.39. The van der Waals surface area contributed by atoms with Crippen LogP contribution >= 0.6 is 0 Å². The van der Waals surface area contributed by atoms with Gasteiger partial charge in [0.25, 0.3) is 0 Å². The van der Waals surface area contributed by atoms with Gasteiger partial charge in [-0.25, -0.2) is 4.79 Å². The number of carbonyl (C=O) groups excluding carboxylic acids is 1. The third kappa shape index (κ3) is 5.67. The summed E-state index contributed by atoms with van der Waals surface area (Å²) in [4.78, 5) is 14.5. The van der Waals surface area contributed by atoms with Gasteiger partial charge in [0.15, 0.2) is 0 Å². The predicted octanol–water partition coefficient (Wildman–Crippen LogP) is 3.57. The van der Waals surface area contributed by atoms with Gasteiger partial charge in [-0.3, -0.25) is 4.90 Å². The average Bonchev–Trinajstić information content (AvgIpc) is 2.89. The molecule has 0 spiro atoms. The zero-order valence-corrected chi connectivity index (χ0v) is 17.3. The quantitative estimate of drug-likeness (QED) is 0.818. The lowest BCUT2D eigenvalue weighted by Crippen LogP contribution is -2.55. The van der Waals surface area contributed by atoms with Crippen LogP contribution in [0, 0.1) is 5.92 Å². The van der Waals surface area contributed by atoms with Crippen molar-refractivity contribution >= 4 is 6.09 Å². The molecule has 1 N–H and O–H groups in total. The van der Waals surface area contributed by atoms with Crippen molar-refractivity contribution in [2.45, 2.75) is 71.6 Å². The SMILES string of the molecule is C[C@H](CO)[C@@H](OCc1ccccc1)[C@@H]1COC(C)(C)N1C(=O)OC(C)(C)C. The molecule has 27 heavy (non-hydrogen) atoms. The van der Waals surface area contributed by atoms with Gasteiger partial charge in [0.2, 0.25) is 0 Å². The monoisotopic (exact) mass is 379 g/mol. The van der Waals surface area contributed by atoms with Crippen LogP contribution in [0.1, 0.15) is 47.1 Å². The number of benzene rings is 1. The van der Waals surface area contributed by atoms with Gasteiger partial charge in [0, 0.05) is 12.5 Å². The maximum absolute atomic E-state index is 12.9. The van der Waals surface area contributed by atoms with Crippen molar-refractivity contribution in [3.63, 3.8) is 0 Å². The molecule has 6 nitrogen and oxygen atoms in total. The van der Waals surface area contributed by atoms with E-state index in [4.69, 9.17) is 14.2 Å². The van der Waals surface area contributed by atoms with Gasteiger partial charge in [-0.05, 0) is 40.2 Å². The van der Waals surface area contributed by atoms with E-state index in [-0.39, 0.29) is 24.7 Å². The Bertz CT molecular complexity index is 611. The van der Waals surface area contributed by atoms with E-state index in [1.165, 1.54) is 0 Å². The molecule has 1 amide bonds. The van der Waals surface area contributed by atoms with Gasteiger partial charge in [-0.1, -0.05) is 37.3 Å². The van der Waals surface area contributed by atoms with Crippen LogP contribution < -0.4 is 0 Å². The molecule has 6 heteroatoms. The Labute approximate surface area is 162 Å². The first-order chi connectivity index (χ1) is 12.5. The second-order valence-corrected chi connectivity index (χ2v) is 8.60. The van der Waals surface area contributed by atoms with Crippen molar-refractivity contribution in [1.82, 2.24) is 4.90 Å². The molecule has 0 unspecified atom stereocenters. The van der Waals surface area contributed by atoms with Crippen LogP contribution in [0.5, 0.6) is 0 Å². The van der Waals surface area contributed by atoms with Crippen LogP contribution in [0.4, 0.5) is 4.79 Å². The van der Waals surface area contributed by atoms with E-state index in [9.17, 15) is 9.90 Å². The number of ether oxygens (including phenoxy) is 3. The largest absolute Gasteiger partial charge is 0.444 e. The first-order valence-electron chi connectivity index (χ1n) is 9.48. The smallest absolute Gasteiger partial charge is 0.412 e. The van der Waals surface area contributed by atoms with Crippen molar-refractivity contribution in [1.29, 1.82) is 0 Å². The summed E-state index contributed by atoms with van der Waals surface area (Å²) < 4.78 is 17.7. The van der Waals surface area contributed by atoms with Crippen LogP contribution in [0.25, 0.3) is 0 Å². The molecule has 0 aliphatic carbocycles. The molecule has 152 valence electrons. The zero-order chi connectivity index (χ0) is 20.2. The summed E-state index contributed by atoms with van der Waals surface area (Å²) in [5.74, 6) is -0.166. The van der Waals surface area contributed by atoms with Crippen LogP contribution in [0.3, 0.4) is 0 Å². The molecule has 1 heterocycles. The number of aliphatic hydroxyl groups is 1. The van der Waals surface area contributed by atoms with Crippen LogP contribution in [-0.2, 0) is 20.8 Å². The van der Waals surface area contributed by atoms with Crippen molar-refractivity contribution in [2.24, 2.45) is 5.92 Å². The fourth-order valence-corrected chi connectivity index (χ4v) is 3.27. The Morgan fingerprint density at radius 2 is 1.96 bits per heavy atom. The molecular formula is C21H33NO5. The summed E-state index contributed by atoms with van der Waals surface area (Å²) >= 11 is 0. The van der Waals surface area contributed by atoms with Gasteiger partial charge < -0.3 is 19.3 Å². The average molecular weight is 379 g/mol. The third-order valence-electron chi connectivity index (χ3n) is 4.62. The van der Waals surface area contributed by atoms with Crippen molar-refractivity contribution < 1.29 is 24.1 Å². The Morgan fingerprint density at radius 3 is 2.52 bits per heavy atom. The van der Waals surface area contributed by atoms with E-state index in [0.29, 0.717) is 13.2 Å². The maximum Gasteiger partial charge on any atom is 0.412 e. The number of aliphatic hydroxyl groups excluding tert-OH is 1. The van der Waals surface area contributed by atoms with Gasteiger partial charge in [-0.15, -0.1) is 0 Å². The summed E-state index contributed by atoms with van der Waals surface area (Å²) in [6, 6.07) is 9.49. The molecule has 1 aliphatic rings. The van der Waals surface area contributed by atoms with E-state index in [1.807, 2.05) is 71.9 Å². The lowest BCUT2D eigenvalue weighted by atomic mass is 9.97. The Morgan fingerprint density at radius 1 is 1.33 bits per heavy atom. The third-order valence-corrected chi connectivity index (χ3v) is 4.62. The molecule has 2 rings (SSSR count). The topological polar surface area (TPSA) is 68.2 Å². The second-order valence-electron chi connectivity index (χ2n) is 8.60. The highest BCUT2D eigenvalue weighted by Crippen LogP contribution is 2.34. The number of amides is 1. The Hall–Kier alpha value is -1.63. The molecule has 1 aliphatic heterocycles.